The van der Waals surface area contributed by atoms with Gasteiger partial charge in [0.15, 0.2) is 6.54 Å². The Bertz CT molecular complexity index is 844. The number of ether oxygens (including phenoxy) is 1. The molecule has 1 saturated heterocycles. The fourth-order valence-corrected chi connectivity index (χ4v) is 3.95. The number of H-pyrrole nitrogens is 1. The van der Waals surface area contributed by atoms with E-state index >= 15 is 0 Å². The number of rotatable bonds is 4. The fraction of sp³-hybridized carbons (Fsp3) is 0.474. The maximum Gasteiger partial charge on any atom is 0.356 e. The topological polar surface area (TPSA) is 75.6 Å². The highest BCUT2D eigenvalue weighted by molar-refractivity contribution is 6.31. The largest absolute Gasteiger partial charge is 0.464 e. The minimum Gasteiger partial charge on any atom is -0.464 e. The molecule has 0 aliphatic carbocycles. The number of fused-ring (bicyclic) bond motifs is 1. The van der Waals surface area contributed by atoms with Gasteiger partial charge >= 0.3 is 5.97 Å². The van der Waals surface area contributed by atoms with Crippen molar-refractivity contribution in [1.82, 2.24) is 4.98 Å². The quantitative estimate of drug-likeness (QED) is 0.714. The number of piperidine rings is 1. The van der Waals surface area contributed by atoms with Crippen molar-refractivity contribution in [1.29, 1.82) is 0 Å². The lowest BCUT2D eigenvalue weighted by molar-refractivity contribution is -0.904. The molecule has 1 aliphatic heterocycles. The number of carbonyl (C=O) groups is 2. The Morgan fingerprint density at radius 2 is 2.15 bits per heavy atom. The van der Waals surface area contributed by atoms with Crippen molar-refractivity contribution in [2.45, 2.75) is 26.7 Å². The molecule has 0 spiro atoms. The average molecular weight is 379 g/mol. The van der Waals surface area contributed by atoms with E-state index in [2.05, 4.69) is 24.1 Å². The molecule has 1 amide bonds. The summed E-state index contributed by atoms with van der Waals surface area (Å²) < 4.78 is 4.84. The summed E-state index contributed by atoms with van der Waals surface area (Å²) in [6.45, 7) is 6.80. The number of hydrogen-bond acceptors (Lipinski definition) is 3. The van der Waals surface area contributed by atoms with Gasteiger partial charge in [-0.25, -0.2) is 4.79 Å². The third-order valence-corrected chi connectivity index (χ3v) is 5.17. The van der Waals surface area contributed by atoms with Crippen molar-refractivity contribution in [3.05, 3.63) is 28.9 Å². The average Bonchev–Trinajstić information content (AvgIpc) is 2.91. The molecule has 0 bridgehead atoms. The minimum atomic E-state index is -0.529. The number of quaternary nitrogens is 1. The fourth-order valence-electron chi connectivity index (χ4n) is 3.78. The second-order valence-electron chi connectivity index (χ2n) is 7.73. The number of aromatic amines is 1. The minimum absolute atomic E-state index is 0.122. The van der Waals surface area contributed by atoms with E-state index in [-0.39, 0.29) is 17.0 Å². The van der Waals surface area contributed by atoms with Gasteiger partial charge in [-0.3, -0.25) is 4.79 Å². The maximum atomic E-state index is 12.7. The molecule has 140 valence electrons. The molecule has 1 fully saturated rings. The number of methoxy groups -OCH3 is 1. The Balaban J connectivity index is 1.83. The van der Waals surface area contributed by atoms with Crippen LogP contribution in [0, 0.1) is 5.41 Å². The highest BCUT2D eigenvalue weighted by Crippen LogP contribution is 2.30. The van der Waals surface area contributed by atoms with Gasteiger partial charge in [-0.05, 0) is 31.0 Å². The predicted molar refractivity (Wildman–Crippen MR) is 102 cm³/mol. The molecule has 0 saturated carbocycles. The summed E-state index contributed by atoms with van der Waals surface area (Å²) in [5.74, 6) is -0.650. The van der Waals surface area contributed by atoms with Crippen molar-refractivity contribution >= 4 is 40.1 Å². The first-order valence-electron chi connectivity index (χ1n) is 8.82. The van der Waals surface area contributed by atoms with Gasteiger partial charge in [0, 0.05) is 21.3 Å². The van der Waals surface area contributed by atoms with Gasteiger partial charge < -0.3 is 19.9 Å². The molecule has 1 atom stereocenters. The van der Waals surface area contributed by atoms with Crippen LogP contribution in [0.3, 0.4) is 0 Å². The van der Waals surface area contributed by atoms with E-state index in [1.165, 1.54) is 18.4 Å². The van der Waals surface area contributed by atoms with Crippen molar-refractivity contribution in [2.75, 3.05) is 32.1 Å². The monoisotopic (exact) mass is 378 g/mol. The molecule has 1 aromatic heterocycles. The molecule has 1 unspecified atom stereocenters. The van der Waals surface area contributed by atoms with E-state index in [4.69, 9.17) is 16.3 Å². The van der Waals surface area contributed by atoms with Gasteiger partial charge in [-0.2, -0.15) is 0 Å². The van der Waals surface area contributed by atoms with Crippen molar-refractivity contribution < 1.29 is 19.2 Å². The van der Waals surface area contributed by atoms with E-state index in [1.807, 2.05) is 0 Å². The summed E-state index contributed by atoms with van der Waals surface area (Å²) in [6.07, 6.45) is 2.30. The predicted octanol–water partition coefficient (Wildman–Crippen LogP) is 2.25. The van der Waals surface area contributed by atoms with Crippen molar-refractivity contribution in [3.8, 4) is 0 Å². The van der Waals surface area contributed by atoms with Crippen LogP contribution in [0.2, 0.25) is 5.02 Å². The smallest absolute Gasteiger partial charge is 0.356 e. The standard InChI is InChI=1S/C19H24ClN3O3/c1-19(2)7-4-8-23(11-19)10-15(24)22-16-13-9-12(20)5-6-14(13)21-17(16)18(25)26-3/h5-6,9,21H,4,7-8,10-11H2,1-3H3,(H,22,24)/p+1. The summed E-state index contributed by atoms with van der Waals surface area (Å²) in [6, 6.07) is 5.23. The highest BCUT2D eigenvalue weighted by atomic mass is 35.5. The van der Waals surface area contributed by atoms with Crippen LogP contribution < -0.4 is 10.2 Å². The SMILES string of the molecule is COC(=O)c1[nH]c2ccc(Cl)cc2c1NC(=O)C[NH+]1CCCC(C)(C)C1. The second kappa shape index (κ2) is 7.29. The number of amides is 1. The van der Waals surface area contributed by atoms with Gasteiger partial charge in [-0.1, -0.05) is 25.4 Å². The normalized spacial score (nSPS) is 19.3. The summed E-state index contributed by atoms with van der Waals surface area (Å²) >= 11 is 6.09. The zero-order valence-electron chi connectivity index (χ0n) is 15.4. The number of nitrogens with one attached hydrogen (secondary N) is 3. The summed E-state index contributed by atoms with van der Waals surface area (Å²) in [4.78, 5) is 29.0. The van der Waals surface area contributed by atoms with Gasteiger partial charge in [0.05, 0.1) is 25.9 Å². The molecule has 0 radical (unpaired) electrons. The Kier molecular flexibility index (Phi) is 5.25. The van der Waals surface area contributed by atoms with Crippen LogP contribution in [-0.2, 0) is 9.53 Å². The zero-order valence-corrected chi connectivity index (χ0v) is 16.1. The third kappa shape index (κ3) is 4.02. The van der Waals surface area contributed by atoms with Crippen molar-refractivity contribution in [3.63, 3.8) is 0 Å². The number of halogens is 1. The van der Waals surface area contributed by atoms with Crippen LogP contribution in [0.5, 0.6) is 0 Å². The highest BCUT2D eigenvalue weighted by Gasteiger charge is 2.31. The summed E-state index contributed by atoms with van der Waals surface area (Å²) in [5.41, 5.74) is 1.62. The zero-order chi connectivity index (χ0) is 18.9. The number of benzene rings is 1. The summed E-state index contributed by atoms with van der Waals surface area (Å²) in [5, 5.41) is 4.13. The first-order chi connectivity index (χ1) is 12.3. The van der Waals surface area contributed by atoms with Crippen LogP contribution in [0.4, 0.5) is 5.69 Å². The molecule has 2 heterocycles. The second-order valence-corrected chi connectivity index (χ2v) is 8.16. The molecule has 3 N–H and O–H groups in total. The number of esters is 1. The molecule has 3 rings (SSSR count). The van der Waals surface area contributed by atoms with Crippen LogP contribution in [-0.4, -0.2) is 43.6 Å². The lowest BCUT2D eigenvalue weighted by atomic mass is 9.84. The Labute approximate surface area is 157 Å². The Hall–Kier alpha value is -2.05. The first-order valence-corrected chi connectivity index (χ1v) is 9.20. The number of hydrogen-bond donors (Lipinski definition) is 3. The van der Waals surface area contributed by atoms with E-state index in [1.54, 1.807) is 18.2 Å². The van der Waals surface area contributed by atoms with Gasteiger partial charge in [-0.15, -0.1) is 0 Å². The molecule has 26 heavy (non-hydrogen) atoms. The number of aromatic nitrogens is 1. The molecule has 7 heteroatoms. The third-order valence-electron chi connectivity index (χ3n) is 4.94. The maximum absolute atomic E-state index is 12.7. The summed E-state index contributed by atoms with van der Waals surface area (Å²) in [7, 11) is 1.31. The lowest BCUT2D eigenvalue weighted by Gasteiger charge is -2.34. The van der Waals surface area contributed by atoms with Crippen LogP contribution in [0.25, 0.3) is 10.9 Å². The first kappa shape index (κ1) is 18.7. The molecule has 6 nitrogen and oxygen atoms in total. The van der Waals surface area contributed by atoms with E-state index < -0.39 is 5.97 Å². The molecular formula is C19H25ClN3O3+. The lowest BCUT2D eigenvalue weighted by Crippen LogP contribution is -3.15. The number of likely N-dealkylation sites (tertiary alicyclic amines) is 1. The van der Waals surface area contributed by atoms with E-state index in [0.29, 0.717) is 22.6 Å². The number of anilines is 1. The molecule has 1 aromatic carbocycles. The van der Waals surface area contributed by atoms with Crippen LogP contribution >= 0.6 is 11.6 Å². The van der Waals surface area contributed by atoms with Crippen LogP contribution in [0.1, 0.15) is 37.2 Å². The molecule has 1 aliphatic rings. The Morgan fingerprint density at radius 1 is 1.38 bits per heavy atom. The van der Waals surface area contributed by atoms with Gasteiger partial charge in [0.1, 0.15) is 5.69 Å². The van der Waals surface area contributed by atoms with Crippen LogP contribution in [0.15, 0.2) is 18.2 Å². The van der Waals surface area contributed by atoms with Gasteiger partial charge in [0.2, 0.25) is 0 Å². The van der Waals surface area contributed by atoms with Gasteiger partial charge in [0.25, 0.3) is 5.91 Å². The van der Waals surface area contributed by atoms with Crippen molar-refractivity contribution in [2.24, 2.45) is 5.41 Å². The molecular weight excluding hydrogens is 354 g/mol. The Morgan fingerprint density at radius 3 is 2.85 bits per heavy atom. The number of carbonyl (C=O) groups excluding carboxylic acids is 2. The van der Waals surface area contributed by atoms with E-state index in [0.717, 1.165) is 25.0 Å². The van der Waals surface area contributed by atoms with E-state index in [9.17, 15) is 9.59 Å². The molecule has 2 aromatic rings.